The van der Waals surface area contributed by atoms with Crippen LogP contribution in [0, 0.1) is 29.9 Å². The Bertz CT molecular complexity index is 624. The van der Waals surface area contributed by atoms with Crippen molar-refractivity contribution in [3.63, 3.8) is 0 Å². The number of rotatable bonds is 5. The fraction of sp³-hybridized carbons (Fsp3) is 0.615. The minimum Gasteiger partial charge on any atom is -0.481 e. The number of aromatic nitrogens is 2. The molecule has 9 heteroatoms. The van der Waals surface area contributed by atoms with Gasteiger partial charge in [0.1, 0.15) is 11.4 Å². The second-order valence-electron chi connectivity index (χ2n) is 5.41. The minimum absolute atomic E-state index is 0.0282. The second kappa shape index (κ2) is 6.12. The maximum atomic E-state index is 12.1. The summed E-state index contributed by atoms with van der Waals surface area (Å²) in [4.78, 5) is 34.9. The number of likely N-dealkylation sites (tertiary alicyclic amines) is 1. The Morgan fingerprint density at radius 1 is 1.45 bits per heavy atom. The molecule has 2 rings (SSSR count). The molecule has 120 valence electrons. The monoisotopic (exact) mass is 310 g/mol. The Hall–Kier alpha value is -2.45. The Kier molecular flexibility index (Phi) is 4.43. The zero-order valence-corrected chi connectivity index (χ0v) is 12.5. The molecule has 1 saturated heterocycles. The van der Waals surface area contributed by atoms with Crippen molar-refractivity contribution in [2.24, 2.45) is 5.92 Å². The van der Waals surface area contributed by atoms with Gasteiger partial charge in [-0.3, -0.25) is 24.4 Å². The van der Waals surface area contributed by atoms with Gasteiger partial charge in [0.2, 0.25) is 5.91 Å². The van der Waals surface area contributed by atoms with E-state index in [9.17, 15) is 19.7 Å². The lowest BCUT2D eigenvalue weighted by Gasteiger charge is -2.15. The molecule has 0 spiro atoms. The van der Waals surface area contributed by atoms with Gasteiger partial charge < -0.3 is 10.0 Å². The third-order valence-electron chi connectivity index (χ3n) is 3.95. The van der Waals surface area contributed by atoms with Crippen LogP contribution in [-0.4, -0.2) is 49.7 Å². The summed E-state index contributed by atoms with van der Waals surface area (Å²) < 4.78 is 1.45. The topological polar surface area (TPSA) is 119 Å². The van der Waals surface area contributed by atoms with Crippen LogP contribution in [0.4, 0.5) is 5.69 Å². The Morgan fingerprint density at radius 3 is 2.64 bits per heavy atom. The number of nitro groups is 1. The number of aliphatic carboxylic acids is 1. The number of carbonyl (C=O) groups excluding carboxylic acids is 1. The first kappa shape index (κ1) is 15.9. The van der Waals surface area contributed by atoms with E-state index in [0.29, 0.717) is 24.4 Å². The van der Waals surface area contributed by atoms with Crippen molar-refractivity contribution < 1.29 is 19.6 Å². The van der Waals surface area contributed by atoms with Crippen molar-refractivity contribution in [1.29, 1.82) is 0 Å². The first-order valence-corrected chi connectivity index (χ1v) is 7.00. The average molecular weight is 310 g/mol. The van der Waals surface area contributed by atoms with E-state index in [2.05, 4.69) is 5.10 Å². The van der Waals surface area contributed by atoms with Gasteiger partial charge in [-0.25, -0.2) is 0 Å². The van der Waals surface area contributed by atoms with Crippen molar-refractivity contribution >= 4 is 17.6 Å². The zero-order chi connectivity index (χ0) is 16.4. The highest BCUT2D eigenvalue weighted by Gasteiger charge is 2.30. The lowest BCUT2D eigenvalue weighted by molar-refractivity contribution is -0.386. The third-order valence-corrected chi connectivity index (χ3v) is 3.95. The van der Waals surface area contributed by atoms with Gasteiger partial charge in [0.15, 0.2) is 0 Å². The molecule has 1 fully saturated rings. The molecule has 0 saturated carbocycles. The van der Waals surface area contributed by atoms with Crippen LogP contribution in [0.5, 0.6) is 0 Å². The molecule has 0 aromatic carbocycles. The summed E-state index contributed by atoms with van der Waals surface area (Å²) in [6.45, 7) is 4.06. The summed E-state index contributed by atoms with van der Waals surface area (Å²) in [7, 11) is 0. The molecule has 1 unspecified atom stereocenters. The highest BCUT2D eigenvalue weighted by atomic mass is 16.6. The van der Waals surface area contributed by atoms with Crippen LogP contribution in [0.25, 0.3) is 0 Å². The number of nitrogens with zero attached hydrogens (tertiary/aromatic N) is 4. The van der Waals surface area contributed by atoms with Gasteiger partial charge in [-0.1, -0.05) is 0 Å². The lowest BCUT2D eigenvalue weighted by atomic mass is 10.1. The van der Waals surface area contributed by atoms with E-state index >= 15 is 0 Å². The van der Waals surface area contributed by atoms with E-state index < -0.39 is 16.8 Å². The zero-order valence-electron chi connectivity index (χ0n) is 12.5. The number of hydrogen-bond donors (Lipinski definition) is 1. The Balaban J connectivity index is 1.96. The predicted octanol–water partition coefficient (Wildman–Crippen LogP) is 0.731. The van der Waals surface area contributed by atoms with Crippen molar-refractivity contribution in [2.75, 3.05) is 13.1 Å². The highest BCUT2D eigenvalue weighted by Crippen LogP contribution is 2.22. The molecule has 1 N–H and O–H groups in total. The molecule has 0 bridgehead atoms. The van der Waals surface area contributed by atoms with Gasteiger partial charge in [-0.2, -0.15) is 5.10 Å². The molecule has 9 nitrogen and oxygen atoms in total. The summed E-state index contributed by atoms with van der Waals surface area (Å²) in [5.74, 6) is -1.54. The summed E-state index contributed by atoms with van der Waals surface area (Å²) >= 11 is 0. The number of amides is 1. The summed E-state index contributed by atoms with van der Waals surface area (Å²) in [5.41, 5.74) is 0.710. The van der Waals surface area contributed by atoms with Gasteiger partial charge in [-0.15, -0.1) is 0 Å². The SMILES string of the molecule is Cc1nn(CCC(=O)N2CCC(C(=O)O)C2)c(C)c1[N+](=O)[O-]. The second-order valence-corrected chi connectivity index (χ2v) is 5.41. The fourth-order valence-corrected chi connectivity index (χ4v) is 2.72. The van der Waals surface area contributed by atoms with Crippen LogP contribution in [0.2, 0.25) is 0 Å². The first-order valence-electron chi connectivity index (χ1n) is 7.00. The molecule has 1 aliphatic rings. The van der Waals surface area contributed by atoms with E-state index in [1.807, 2.05) is 0 Å². The van der Waals surface area contributed by atoms with Gasteiger partial charge in [-0.05, 0) is 20.3 Å². The normalized spacial score (nSPS) is 17.7. The van der Waals surface area contributed by atoms with Crippen LogP contribution >= 0.6 is 0 Å². The average Bonchev–Trinajstić information content (AvgIpc) is 3.01. The van der Waals surface area contributed by atoms with Crippen LogP contribution in [0.1, 0.15) is 24.2 Å². The molecule has 2 heterocycles. The van der Waals surface area contributed by atoms with Crippen LogP contribution in [-0.2, 0) is 16.1 Å². The van der Waals surface area contributed by atoms with Gasteiger partial charge in [0, 0.05) is 19.5 Å². The molecule has 0 aliphatic carbocycles. The minimum atomic E-state index is -0.885. The number of aryl methyl sites for hydroxylation is 2. The number of carboxylic acids is 1. The first-order chi connectivity index (χ1) is 10.3. The van der Waals surface area contributed by atoms with E-state index in [1.54, 1.807) is 13.8 Å². The molecule has 1 atom stereocenters. The van der Waals surface area contributed by atoms with Gasteiger partial charge >= 0.3 is 11.7 Å². The summed E-state index contributed by atoms with van der Waals surface area (Å²) in [6, 6.07) is 0. The highest BCUT2D eigenvalue weighted by molar-refractivity contribution is 5.78. The smallest absolute Gasteiger partial charge is 0.312 e. The quantitative estimate of drug-likeness (QED) is 0.632. The van der Waals surface area contributed by atoms with Crippen LogP contribution in [0.3, 0.4) is 0 Å². The Labute approximate surface area is 126 Å². The number of hydrogen-bond acceptors (Lipinski definition) is 5. The lowest BCUT2D eigenvalue weighted by Crippen LogP contribution is -2.30. The molecule has 22 heavy (non-hydrogen) atoms. The Morgan fingerprint density at radius 2 is 2.14 bits per heavy atom. The van der Waals surface area contributed by atoms with Crippen molar-refractivity contribution in [3.8, 4) is 0 Å². The molecular formula is C13H18N4O5. The van der Waals surface area contributed by atoms with Crippen molar-refractivity contribution in [2.45, 2.75) is 33.2 Å². The summed E-state index contributed by atoms with van der Waals surface area (Å²) in [6.07, 6.45) is 0.609. The van der Waals surface area contributed by atoms with Crippen LogP contribution in [0.15, 0.2) is 0 Å². The van der Waals surface area contributed by atoms with E-state index in [4.69, 9.17) is 5.11 Å². The number of carbonyl (C=O) groups is 2. The predicted molar refractivity (Wildman–Crippen MR) is 75.3 cm³/mol. The largest absolute Gasteiger partial charge is 0.481 e. The van der Waals surface area contributed by atoms with E-state index in [1.165, 1.54) is 9.58 Å². The van der Waals surface area contributed by atoms with E-state index in [0.717, 1.165) is 0 Å². The van der Waals surface area contributed by atoms with Gasteiger partial charge in [0.05, 0.1) is 17.4 Å². The molecular weight excluding hydrogens is 292 g/mol. The summed E-state index contributed by atoms with van der Waals surface area (Å²) in [5, 5.41) is 23.9. The van der Waals surface area contributed by atoms with Gasteiger partial charge in [0.25, 0.3) is 0 Å². The fourth-order valence-electron chi connectivity index (χ4n) is 2.72. The third kappa shape index (κ3) is 3.07. The molecule has 0 radical (unpaired) electrons. The van der Waals surface area contributed by atoms with E-state index in [-0.39, 0.29) is 31.1 Å². The molecule has 1 aromatic rings. The molecule has 1 amide bonds. The molecule has 1 aromatic heterocycles. The maximum absolute atomic E-state index is 12.1. The van der Waals surface area contributed by atoms with Crippen LogP contribution < -0.4 is 0 Å². The van der Waals surface area contributed by atoms with Crippen molar-refractivity contribution in [1.82, 2.24) is 14.7 Å². The maximum Gasteiger partial charge on any atom is 0.312 e. The number of carboxylic acid groups (broad SMARTS) is 1. The van der Waals surface area contributed by atoms with Crippen molar-refractivity contribution in [3.05, 3.63) is 21.5 Å². The standard InChI is InChI=1S/C13H18N4O5/c1-8-12(17(21)22)9(2)16(14-8)6-4-11(18)15-5-3-10(7-15)13(19)20/h10H,3-7H2,1-2H3,(H,19,20). The molecule has 1 aliphatic heterocycles.